The van der Waals surface area contributed by atoms with Crippen molar-refractivity contribution in [3.63, 3.8) is 0 Å². The Balaban J connectivity index is 1.31. The summed E-state index contributed by atoms with van der Waals surface area (Å²) >= 11 is 0. The first kappa shape index (κ1) is 26.2. The van der Waals surface area contributed by atoms with Crippen LogP contribution in [0.25, 0.3) is 0 Å². The highest BCUT2D eigenvalue weighted by molar-refractivity contribution is 5.99. The van der Waals surface area contributed by atoms with Crippen molar-refractivity contribution >= 4 is 17.6 Å². The number of benzene rings is 1. The van der Waals surface area contributed by atoms with Crippen LogP contribution in [0.15, 0.2) is 30.3 Å². The van der Waals surface area contributed by atoms with Crippen molar-refractivity contribution in [1.82, 2.24) is 15.2 Å². The molecule has 0 radical (unpaired) electrons. The topological polar surface area (TPSA) is 92.8 Å². The zero-order valence-electron chi connectivity index (χ0n) is 20.1. The summed E-state index contributed by atoms with van der Waals surface area (Å²) in [6.45, 7) is 1.90. The summed E-state index contributed by atoms with van der Waals surface area (Å²) in [5, 5.41) is 5.06. The normalized spacial score (nSPS) is 15.1. The number of rotatable bonds is 11. The molecule has 1 aromatic heterocycles. The second-order valence-electron chi connectivity index (χ2n) is 8.53. The highest BCUT2D eigenvalue weighted by atomic mass is 19.1. The van der Waals surface area contributed by atoms with Crippen LogP contribution in [-0.2, 0) is 0 Å². The molecule has 0 spiro atoms. The number of ether oxygens (including phenoxy) is 2. The van der Waals surface area contributed by atoms with Crippen molar-refractivity contribution in [2.45, 2.75) is 38.5 Å². The van der Waals surface area contributed by atoms with Gasteiger partial charge in [0, 0.05) is 31.8 Å². The molecule has 190 valence electrons. The third-order valence-electron chi connectivity index (χ3n) is 6.06. The van der Waals surface area contributed by atoms with Gasteiger partial charge in [0.2, 0.25) is 11.9 Å². The number of methoxy groups -OCH3 is 2. The van der Waals surface area contributed by atoms with Gasteiger partial charge in [-0.2, -0.15) is 13.8 Å². The SMILES string of the molecule is COc1cccc(OC)c1C(=O)N1CCC(CCCCCCNC(=O)Nc2cc(F)nc(F)c2)C1. The van der Waals surface area contributed by atoms with E-state index in [1.807, 2.05) is 4.90 Å². The van der Waals surface area contributed by atoms with E-state index >= 15 is 0 Å². The number of amides is 3. The van der Waals surface area contributed by atoms with Gasteiger partial charge in [0.1, 0.15) is 17.1 Å². The number of halogens is 2. The van der Waals surface area contributed by atoms with E-state index < -0.39 is 17.9 Å². The molecule has 2 heterocycles. The fraction of sp³-hybridized carbons (Fsp3) is 0.480. The minimum Gasteiger partial charge on any atom is -0.496 e. The van der Waals surface area contributed by atoms with Crippen LogP contribution in [-0.4, -0.2) is 55.7 Å². The Morgan fingerprint density at radius 1 is 1.06 bits per heavy atom. The Morgan fingerprint density at radius 3 is 2.37 bits per heavy atom. The molecular formula is C25H32F2N4O4. The lowest BCUT2D eigenvalue weighted by atomic mass is 10.00. The zero-order chi connectivity index (χ0) is 25.2. The van der Waals surface area contributed by atoms with Gasteiger partial charge >= 0.3 is 6.03 Å². The number of hydrogen-bond donors (Lipinski definition) is 2. The summed E-state index contributed by atoms with van der Waals surface area (Å²) in [6.07, 6.45) is 5.84. The standard InChI is InChI=1S/C25H32F2N4O4/c1-34-19-9-7-10-20(35-2)23(19)24(32)31-13-11-17(16-31)8-5-3-4-6-12-28-25(33)29-18-14-21(26)30-22(27)15-18/h7,9-10,14-15,17H,3-6,8,11-13,16H2,1-2H3,(H2,28,29,30,33). The minimum atomic E-state index is -0.991. The number of carbonyl (C=O) groups is 2. The van der Waals surface area contributed by atoms with Gasteiger partial charge in [0.25, 0.3) is 5.91 Å². The van der Waals surface area contributed by atoms with Gasteiger partial charge in [-0.15, -0.1) is 0 Å². The number of likely N-dealkylation sites (tertiary alicyclic amines) is 1. The van der Waals surface area contributed by atoms with Crippen molar-refractivity contribution in [2.75, 3.05) is 39.2 Å². The largest absolute Gasteiger partial charge is 0.496 e. The molecule has 8 nitrogen and oxygen atoms in total. The summed E-state index contributed by atoms with van der Waals surface area (Å²) < 4.78 is 36.9. The molecule has 3 amide bonds. The molecule has 1 aromatic carbocycles. The van der Waals surface area contributed by atoms with E-state index in [0.29, 0.717) is 29.5 Å². The van der Waals surface area contributed by atoms with Gasteiger partial charge in [-0.1, -0.05) is 25.3 Å². The molecule has 2 N–H and O–H groups in total. The fourth-order valence-electron chi connectivity index (χ4n) is 4.30. The Bertz CT molecular complexity index is 978. The van der Waals surface area contributed by atoms with Gasteiger partial charge < -0.3 is 25.0 Å². The lowest BCUT2D eigenvalue weighted by molar-refractivity contribution is 0.0779. The van der Waals surface area contributed by atoms with Crippen LogP contribution >= 0.6 is 0 Å². The smallest absolute Gasteiger partial charge is 0.319 e. The minimum absolute atomic E-state index is 0.0146. The Morgan fingerprint density at radius 2 is 1.71 bits per heavy atom. The second-order valence-corrected chi connectivity index (χ2v) is 8.53. The number of nitrogens with one attached hydrogen (secondary N) is 2. The molecule has 0 bridgehead atoms. The third kappa shape index (κ3) is 7.53. The van der Waals surface area contributed by atoms with Crippen LogP contribution in [0.2, 0.25) is 0 Å². The number of anilines is 1. The molecule has 35 heavy (non-hydrogen) atoms. The van der Waals surface area contributed by atoms with E-state index in [1.54, 1.807) is 32.4 Å². The summed E-state index contributed by atoms with van der Waals surface area (Å²) in [4.78, 5) is 29.8. The number of unbranched alkanes of at least 4 members (excludes halogenated alkanes) is 3. The van der Waals surface area contributed by atoms with E-state index in [-0.39, 0.29) is 11.6 Å². The molecule has 1 aliphatic heterocycles. The first-order valence-corrected chi connectivity index (χ1v) is 11.8. The Labute approximate surface area is 204 Å². The number of carbonyl (C=O) groups excluding carboxylic acids is 2. The van der Waals surface area contributed by atoms with Crippen molar-refractivity contribution in [3.8, 4) is 11.5 Å². The molecule has 10 heteroatoms. The molecule has 2 aromatic rings. The first-order valence-electron chi connectivity index (χ1n) is 11.8. The predicted octanol–water partition coefficient (Wildman–Crippen LogP) is 4.61. The number of nitrogens with zero attached hydrogens (tertiary/aromatic N) is 2. The van der Waals surface area contributed by atoms with E-state index in [4.69, 9.17) is 9.47 Å². The average Bonchev–Trinajstić information content (AvgIpc) is 3.30. The molecule has 1 unspecified atom stereocenters. The van der Waals surface area contributed by atoms with Crippen LogP contribution in [0.3, 0.4) is 0 Å². The molecule has 1 aliphatic rings. The van der Waals surface area contributed by atoms with Gasteiger partial charge in [0.15, 0.2) is 0 Å². The maximum absolute atomic E-state index is 13.1. The summed E-state index contributed by atoms with van der Waals surface area (Å²) in [6, 6.07) is 6.71. The number of urea groups is 1. The average molecular weight is 491 g/mol. The van der Waals surface area contributed by atoms with Crippen molar-refractivity contribution in [2.24, 2.45) is 5.92 Å². The summed E-state index contributed by atoms with van der Waals surface area (Å²) in [5.74, 6) is -0.558. The van der Waals surface area contributed by atoms with Crippen LogP contribution in [0.4, 0.5) is 19.3 Å². The first-order chi connectivity index (χ1) is 16.9. The van der Waals surface area contributed by atoms with Gasteiger partial charge in [-0.3, -0.25) is 4.79 Å². The van der Waals surface area contributed by atoms with Crippen molar-refractivity contribution in [1.29, 1.82) is 0 Å². The summed E-state index contributed by atoms with van der Waals surface area (Å²) in [5.41, 5.74) is 0.481. The number of pyridine rings is 1. The molecule has 1 saturated heterocycles. The quantitative estimate of drug-likeness (QED) is 0.354. The molecule has 1 atom stereocenters. The number of hydrogen-bond acceptors (Lipinski definition) is 5. The van der Waals surface area contributed by atoms with Gasteiger partial charge in [-0.25, -0.2) is 4.79 Å². The van der Waals surface area contributed by atoms with Crippen molar-refractivity contribution in [3.05, 3.63) is 47.8 Å². The van der Waals surface area contributed by atoms with E-state index in [2.05, 4.69) is 15.6 Å². The predicted molar refractivity (Wildman–Crippen MR) is 128 cm³/mol. The third-order valence-corrected chi connectivity index (χ3v) is 6.06. The molecular weight excluding hydrogens is 458 g/mol. The van der Waals surface area contributed by atoms with E-state index in [9.17, 15) is 18.4 Å². The van der Waals surface area contributed by atoms with Crippen molar-refractivity contribution < 1.29 is 27.8 Å². The highest BCUT2D eigenvalue weighted by Crippen LogP contribution is 2.32. The molecule has 3 rings (SSSR count). The fourth-order valence-corrected chi connectivity index (χ4v) is 4.30. The monoisotopic (exact) mass is 490 g/mol. The van der Waals surface area contributed by atoms with Crippen LogP contribution in [0, 0.1) is 17.8 Å². The lowest BCUT2D eigenvalue weighted by Crippen LogP contribution is -2.29. The lowest BCUT2D eigenvalue weighted by Gasteiger charge is -2.20. The highest BCUT2D eigenvalue weighted by Gasteiger charge is 2.30. The maximum atomic E-state index is 13.1. The van der Waals surface area contributed by atoms with Crippen LogP contribution < -0.4 is 20.1 Å². The molecule has 1 fully saturated rings. The molecule has 0 aliphatic carbocycles. The zero-order valence-corrected chi connectivity index (χ0v) is 20.1. The Kier molecular flexibility index (Phi) is 9.63. The Hall–Kier alpha value is -3.43. The maximum Gasteiger partial charge on any atom is 0.319 e. The van der Waals surface area contributed by atoms with E-state index in [1.165, 1.54) is 0 Å². The molecule has 0 saturated carbocycles. The summed E-state index contributed by atoms with van der Waals surface area (Å²) in [7, 11) is 3.09. The van der Waals surface area contributed by atoms with Crippen LogP contribution in [0.5, 0.6) is 11.5 Å². The number of aromatic nitrogens is 1. The van der Waals surface area contributed by atoms with Gasteiger partial charge in [-0.05, 0) is 37.3 Å². The van der Waals surface area contributed by atoms with Crippen LogP contribution in [0.1, 0.15) is 48.9 Å². The van der Waals surface area contributed by atoms with E-state index in [0.717, 1.165) is 63.7 Å². The second kappa shape index (κ2) is 12.9. The van der Waals surface area contributed by atoms with Gasteiger partial charge in [0.05, 0.1) is 19.9 Å².